The minimum absolute atomic E-state index is 0.309. The van der Waals surface area contributed by atoms with Crippen LogP contribution in [0.2, 0.25) is 0 Å². The quantitative estimate of drug-likeness (QED) is 0.925. The molecule has 1 unspecified atom stereocenters. The lowest BCUT2D eigenvalue weighted by atomic mass is 10.0. The molecule has 5 heteroatoms. The molecule has 2 aromatic rings. The molecule has 2 rings (SSSR count). The van der Waals surface area contributed by atoms with E-state index in [4.69, 9.17) is 10.5 Å². The Bertz CT molecular complexity index is 542. The Hall–Kier alpha value is -1.46. The predicted molar refractivity (Wildman–Crippen MR) is 70.4 cm³/mol. The van der Waals surface area contributed by atoms with E-state index in [1.54, 1.807) is 24.5 Å². The third kappa shape index (κ3) is 2.86. The SMILES string of the molecule is COc1ccc(F)cc1C(N)Cc1nc(C)cs1. The maximum Gasteiger partial charge on any atom is 0.123 e. The van der Waals surface area contributed by atoms with Gasteiger partial charge in [0.05, 0.1) is 12.1 Å². The highest BCUT2D eigenvalue weighted by Gasteiger charge is 2.15. The third-order valence-corrected chi connectivity index (χ3v) is 3.64. The van der Waals surface area contributed by atoms with Gasteiger partial charge in [-0.3, -0.25) is 0 Å². The van der Waals surface area contributed by atoms with Crippen molar-refractivity contribution < 1.29 is 9.13 Å². The van der Waals surface area contributed by atoms with E-state index in [1.807, 2.05) is 12.3 Å². The highest BCUT2D eigenvalue weighted by atomic mass is 32.1. The molecular weight excluding hydrogens is 251 g/mol. The van der Waals surface area contributed by atoms with Crippen molar-refractivity contribution >= 4 is 11.3 Å². The van der Waals surface area contributed by atoms with Crippen LogP contribution in [-0.2, 0) is 6.42 Å². The second-order valence-corrected chi connectivity index (χ2v) is 5.02. The van der Waals surface area contributed by atoms with Gasteiger partial charge >= 0.3 is 0 Å². The van der Waals surface area contributed by atoms with E-state index in [0.717, 1.165) is 10.7 Å². The summed E-state index contributed by atoms with van der Waals surface area (Å²) in [7, 11) is 1.55. The van der Waals surface area contributed by atoms with Crippen molar-refractivity contribution in [2.45, 2.75) is 19.4 Å². The minimum atomic E-state index is -0.318. The zero-order chi connectivity index (χ0) is 13.1. The number of hydrogen-bond donors (Lipinski definition) is 1. The van der Waals surface area contributed by atoms with Crippen molar-refractivity contribution in [3.63, 3.8) is 0 Å². The molecule has 0 bridgehead atoms. The molecule has 0 aliphatic carbocycles. The van der Waals surface area contributed by atoms with E-state index in [9.17, 15) is 4.39 Å². The molecule has 0 aliphatic heterocycles. The molecule has 1 aromatic carbocycles. The van der Waals surface area contributed by atoms with Crippen LogP contribution in [-0.4, -0.2) is 12.1 Å². The first kappa shape index (κ1) is 13.0. The summed E-state index contributed by atoms with van der Waals surface area (Å²) in [6, 6.07) is 4.06. The van der Waals surface area contributed by atoms with E-state index in [2.05, 4.69) is 4.98 Å². The molecule has 0 spiro atoms. The Morgan fingerprint density at radius 2 is 2.28 bits per heavy atom. The van der Waals surface area contributed by atoms with Crippen molar-refractivity contribution in [1.82, 2.24) is 4.98 Å². The van der Waals surface area contributed by atoms with E-state index in [-0.39, 0.29) is 11.9 Å². The number of methoxy groups -OCH3 is 1. The summed E-state index contributed by atoms with van der Waals surface area (Å²) in [5.41, 5.74) is 7.75. The van der Waals surface area contributed by atoms with E-state index in [1.165, 1.54) is 12.1 Å². The molecule has 0 amide bonds. The van der Waals surface area contributed by atoms with Gasteiger partial charge in [-0.2, -0.15) is 0 Å². The first-order valence-electron chi connectivity index (χ1n) is 5.60. The van der Waals surface area contributed by atoms with Crippen LogP contribution in [0.4, 0.5) is 4.39 Å². The average Bonchev–Trinajstić information content (AvgIpc) is 2.74. The van der Waals surface area contributed by atoms with Crippen LogP contribution in [0.5, 0.6) is 5.75 Å². The Morgan fingerprint density at radius 1 is 1.50 bits per heavy atom. The van der Waals surface area contributed by atoms with E-state index >= 15 is 0 Å². The van der Waals surface area contributed by atoms with Gasteiger partial charge in [0.2, 0.25) is 0 Å². The smallest absolute Gasteiger partial charge is 0.123 e. The van der Waals surface area contributed by atoms with Gasteiger partial charge in [-0.15, -0.1) is 11.3 Å². The monoisotopic (exact) mass is 266 g/mol. The number of nitrogens with two attached hydrogens (primary N) is 1. The molecule has 18 heavy (non-hydrogen) atoms. The molecule has 3 nitrogen and oxygen atoms in total. The summed E-state index contributed by atoms with van der Waals surface area (Å²) in [6.07, 6.45) is 0.582. The Morgan fingerprint density at radius 3 is 2.89 bits per heavy atom. The average molecular weight is 266 g/mol. The molecule has 1 heterocycles. The number of benzene rings is 1. The number of ether oxygens (including phenoxy) is 1. The molecule has 96 valence electrons. The van der Waals surface area contributed by atoms with Crippen LogP contribution in [0.1, 0.15) is 22.3 Å². The normalized spacial score (nSPS) is 12.4. The summed E-state index contributed by atoms with van der Waals surface area (Å²) < 4.78 is 18.5. The van der Waals surface area contributed by atoms with Crippen LogP contribution >= 0.6 is 11.3 Å². The molecule has 2 N–H and O–H groups in total. The first-order valence-corrected chi connectivity index (χ1v) is 6.48. The Balaban J connectivity index is 2.22. The summed E-state index contributed by atoms with van der Waals surface area (Å²) in [6.45, 7) is 1.94. The van der Waals surface area contributed by atoms with E-state index in [0.29, 0.717) is 17.7 Å². The maximum absolute atomic E-state index is 13.3. The van der Waals surface area contributed by atoms with Gasteiger partial charge in [-0.25, -0.2) is 9.37 Å². The molecule has 0 radical (unpaired) electrons. The summed E-state index contributed by atoms with van der Waals surface area (Å²) in [4.78, 5) is 4.36. The topological polar surface area (TPSA) is 48.1 Å². The second-order valence-electron chi connectivity index (χ2n) is 4.08. The zero-order valence-corrected chi connectivity index (χ0v) is 11.1. The van der Waals surface area contributed by atoms with Crippen LogP contribution < -0.4 is 10.5 Å². The predicted octanol–water partition coefficient (Wildman–Crippen LogP) is 2.84. The van der Waals surface area contributed by atoms with Gasteiger partial charge in [-0.1, -0.05) is 0 Å². The van der Waals surface area contributed by atoms with Crippen molar-refractivity contribution in [2.24, 2.45) is 5.73 Å². The standard InChI is InChI=1S/C13H15FN2OS/c1-8-7-18-13(16-8)6-11(15)10-5-9(14)3-4-12(10)17-2/h3-5,7,11H,6,15H2,1-2H3. The number of thiazole rings is 1. The van der Waals surface area contributed by atoms with Gasteiger partial charge in [0.1, 0.15) is 11.6 Å². The highest BCUT2D eigenvalue weighted by molar-refractivity contribution is 7.09. The molecule has 1 atom stereocenters. The maximum atomic E-state index is 13.3. The fourth-order valence-corrected chi connectivity index (χ4v) is 2.62. The number of hydrogen-bond acceptors (Lipinski definition) is 4. The number of aromatic nitrogens is 1. The lowest BCUT2D eigenvalue weighted by Gasteiger charge is -2.14. The van der Waals surface area contributed by atoms with Crippen LogP contribution in [0.25, 0.3) is 0 Å². The number of rotatable bonds is 4. The molecule has 0 saturated heterocycles. The molecule has 1 aromatic heterocycles. The molecule has 0 fully saturated rings. The van der Waals surface area contributed by atoms with Crippen LogP contribution in [0, 0.1) is 12.7 Å². The molecule has 0 aliphatic rings. The largest absolute Gasteiger partial charge is 0.496 e. The lowest BCUT2D eigenvalue weighted by molar-refractivity contribution is 0.404. The fraction of sp³-hybridized carbons (Fsp3) is 0.308. The Kier molecular flexibility index (Phi) is 3.93. The van der Waals surface area contributed by atoms with E-state index < -0.39 is 0 Å². The Labute approximate surface area is 109 Å². The van der Waals surface area contributed by atoms with Crippen LogP contribution in [0.3, 0.4) is 0 Å². The molecular formula is C13H15FN2OS. The van der Waals surface area contributed by atoms with Gasteiger partial charge in [-0.05, 0) is 25.1 Å². The zero-order valence-electron chi connectivity index (χ0n) is 10.3. The van der Waals surface area contributed by atoms with Crippen molar-refractivity contribution in [3.05, 3.63) is 45.7 Å². The summed E-state index contributed by atoms with van der Waals surface area (Å²) in [5.74, 6) is 0.300. The highest BCUT2D eigenvalue weighted by Crippen LogP contribution is 2.27. The molecule has 0 saturated carbocycles. The van der Waals surface area contributed by atoms with Gasteiger partial charge in [0.25, 0.3) is 0 Å². The summed E-state index contributed by atoms with van der Waals surface area (Å²) in [5, 5.41) is 2.93. The summed E-state index contributed by atoms with van der Waals surface area (Å²) >= 11 is 1.56. The van der Waals surface area contributed by atoms with Gasteiger partial charge in [0.15, 0.2) is 0 Å². The van der Waals surface area contributed by atoms with Crippen molar-refractivity contribution in [2.75, 3.05) is 7.11 Å². The number of nitrogens with zero attached hydrogens (tertiary/aromatic N) is 1. The second kappa shape index (κ2) is 5.46. The van der Waals surface area contributed by atoms with Gasteiger partial charge in [0, 0.05) is 29.1 Å². The van der Waals surface area contributed by atoms with Crippen molar-refractivity contribution in [1.29, 1.82) is 0 Å². The first-order chi connectivity index (χ1) is 8.60. The number of aryl methyl sites for hydroxylation is 1. The van der Waals surface area contributed by atoms with Crippen LogP contribution in [0.15, 0.2) is 23.6 Å². The number of halogens is 1. The van der Waals surface area contributed by atoms with Crippen molar-refractivity contribution in [3.8, 4) is 5.75 Å². The third-order valence-electron chi connectivity index (χ3n) is 2.65. The van der Waals surface area contributed by atoms with Gasteiger partial charge < -0.3 is 10.5 Å². The lowest BCUT2D eigenvalue weighted by Crippen LogP contribution is -2.14. The fourth-order valence-electron chi connectivity index (χ4n) is 1.79. The minimum Gasteiger partial charge on any atom is -0.496 e.